The summed E-state index contributed by atoms with van der Waals surface area (Å²) in [6.07, 6.45) is 1.28. The van der Waals surface area contributed by atoms with Gasteiger partial charge >= 0.3 is 6.03 Å². The Morgan fingerprint density at radius 3 is 2.47 bits per heavy atom. The van der Waals surface area contributed by atoms with E-state index >= 15 is 0 Å². The molecule has 1 aliphatic rings. The zero-order valence-corrected chi connectivity index (χ0v) is 17.4. The average molecular weight is 459 g/mol. The highest BCUT2D eigenvalue weighted by Gasteiger charge is 2.38. The number of imide groups is 2. The fourth-order valence-electron chi connectivity index (χ4n) is 2.76. The SMILES string of the molecule is O=C1NC(=O)N(c2cccc(Cl)c2Cl)C(=O)/C1=C\c1ccc(Sc2ccccc2)o1. The monoisotopic (exact) mass is 458 g/mol. The molecule has 1 saturated heterocycles. The van der Waals surface area contributed by atoms with Crippen molar-refractivity contribution in [2.75, 3.05) is 4.90 Å². The number of carbonyl (C=O) groups excluding carboxylic acids is 3. The van der Waals surface area contributed by atoms with E-state index in [1.54, 1.807) is 18.2 Å². The van der Waals surface area contributed by atoms with E-state index in [1.807, 2.05) is 30.3 Å². The number of amides is 4. The molecule has 1 fully saturated rings. The van der Waals surface area contributed by atoms with Crippen LogP contribution in [0.2, 0.25) is 10.0 Å². The number of furan rings is 1. The zero-order chi connectivity index (χ0) is 21.3. The maximum atomic E-state index is 12.9. The Bertz CT molecular complexity index is 1190. The summed E-state index contributed by atoms with van der Waals surface area (Å²) in [5.41, 5.74) is -0.193. The van der Waals surface area contributed by atoms with Gasteiger partial charge in [0.2, 0.25) is 0 Å². The molecule has 4 amide bonds. The maximum absolute atomic E-state index is 12.9. The molecule has 2 heterocycles. The van der Waals surface area contributed by atoms with Crippen LogP contribution in [0.1, 0.15) is 5.76 Å². The summed E-state index contributed by atoms with van der Waals surface area (Å²) in [6.45, 7) is 0. The molecule has 0 radical (unpaired) electrons. The normalized spacial score (nSPS) is 15.6. The number of nitrogens with zero attached hydrogens (tertiary/aromatic N) is 1. The first-order valence-corrected chi connectivity index (χ1v) is 10.2. The summed E-state index contributed by atoms with van der Waals surface area (Å²) in [5, 5.41) is 2.91. The van der Waals surface area contributed by atoms with E-state index in [0.717, 1.165) is 9.80 Å². The van der Waals surface area contributed by atoms with E-state index in [-0.39, 0.29) is 21.3 Å². The van der Waals surface area contributed by atoms with Gasteiger partial charge in [0.05, 0.1) is 15.7 Å². The van der Waals surface area contributed by atoms with Crippen molar-refractivity contribution in [3.63, 3.8) is 0 Å². The molecule has 0 atom stereocenters. The standard InChI is InChI=1S/C21H12Cl2N2O4S/c22-15-7-4-8-16(18(15)23)25-20(27)14(19(26)24-21(25)28)11-12-9-10-17(29-12)30-13-5-2-1-3-6-13/h1-11H,(H,24,26,28)/b14-11-. The number of urea groups is 1. The van der Waals surface area contributed by atoms with Crippen LogP contribution in [0.5, 0.6) is 0 Å². The van der Waals surface area contributed by atoms with Crippen molar-refractivity contribution in [2.24, 2.45) is 0 Å². The molecule has 9 heteroatoms. The highest BCUT2D eigenvalue weighted by atomic mass is 35.5. The third kappa shape index (κ3) is 4.00. The highest BCUT2D eigenvalue weighted by molar-refractivity contribution is 7.99. The largest absolute Gasteiger partial charge is 0.450 e. The third-order valence-electron chi connectivity index (χ3n) is 4.12. The zero-order valence-electron chi connectivity index (χ0n) is 15.1. The Labute approximate surface area is 185 Å². The first-order valence-electron chi connectivity index (χ1n) is 8.62. The smallest absolute Gasteiger partial charge is 0.336 e. The van der Waals surface area contributed by atoms with Gasteiger partial charge in [-0.1, -0.05) is 59.2 Å². The fraction of sp³-hybridized carbons (Fsp3) is 0. The summed E-state index contributed by atoms with van der Waals surface area (Å²) in [6, 6.07) is 16.6. The van der Waals surface area contributed by atoms with Gasteiger partial charge in [-0.3, -0.25) is 14.9 Å². The van der Waals surface area contributed by atoms with Crippen LogP contribution < -0.4 is 10.2 Å². The molecule has 3 aromatic rings. The van der Waals surface area contributed by atoms with Crippen LogP contribution in [-0.2, 0) is 9.59 Å². The maximum Gasteiger partial charge on any atom is 0.336 e. The molecule has 0 aliphatic carbocycles. The predicted octanol–water partition coefficient (Wildman–Crippen LogP) is 5.40. The summed E-state index contributed by atoms with van der Waals surface area (Å²) in [4.78, 5) is 39.3. The van der Waals surface area contributed by atoms with Gasteiger partial charge < -0.3 is 4.42 Å². The van der Waals surface area contributed by atoms with Crippen molar-refractivity contribution in [2.45, 2.75) is 9.99 Å². The van der Waals surface area contributed by atoms with Crippen molar-refractivity contribution in [3.05, 3.63) is 82.0 Å². The number of benzene rings is 2. The minimum absolute atomic E-state index is 0.0240. The summed E-state index contributed by atoms with van der Waals surface area (Å²) in [5.74, 6) is -1.37. The van der Waals surface area contributed by atoms with Crippen molar-refractivity contribution >= 4 is 64.6 Å². The molecule has 1 aromatic heterocycles. The van der Waals surface area contributed by atoms with Gasteiger partial charge in [-0.05, 0) is 42.5 Å². The van der Waals surface area contributed by atoms with Crippen LogP contribution >= 0.6 is 35.0 Å². The molecule has 1 aliphatic heterocycles. The van der Waals surface area contributed by atoms with Crippen LogP contribution in [0.4, 0.5) is 10.5 Å². The van der Waals surface area contributed by atoms with Crippen LogP contribution in [0.15, 0.2) is 80.6 Å². The van der Waals surface area contributed by atoms with Crippen LogP contribution in [0.3, 0.4) is 0 Å². The highest BCUT2D eigenvalue weighted by Crippen LogP contribution is 2.35. The summed E-state index contributed by atoms with van der Waals surface area (Å²) < 4.78 is 5.70. The van der Waals surface area contributed by atoms with E-state index in [2.05, 4.69) is 5.32 Å². The van der Waals surface area contributed by atoms with E-state index in [1.165, 1.54) is 30.0 Å². The molecule has 6 nitrogen and oxygen atoms in total. The molecular weight excluding hydrogens is 447 g/mol. The Balaban J connectivity index is 1.64. The molecule has 30 heavy (non-hydrogen) atoms. The van der Waals surface area contributed by atoms with Gasteiger partial charge in [-0.2, -0.15) is 0 Å². The predicted molar refractivity (Wildman–Crippen MR) is 115 cm³/mol. The molecule has 0 spiro atoms. The summed E-state index contributed by atoms with van der Waals surface area (Å²) >= 11 is 13.5. The molecule has 0 unspecified atom stereocenters. The lowest BCUT2D eigenvalue weighted by molar-refractivity contribution is -0.122. The van der Waals surface area contributed by atoms with Gasteiger partial charge in [0.1, 0.15) is 11.3 Å². The molecule has 0 bridgehead atoms. The van der Waals surface area contributed by atoms with Gasteiger partial charge in [0.15, 0.2) is 5.09 Å². The van der Waals surface area contributed by atoms with E-state index in [0.29, 0.717) is 10.9 Å². The topological polar surface area (TPSA) is 79.6 Å². The molecule has 1 N–H and O–H groups in total. The lowest BCUT2D eigenvalue weighted by Crippen LogP contribution is -2.54. The number of barbiturate groups is 1. The van der Waals surface area contributed by atoms with Crippen LogP contribution in [0, 0.1) is 0 Å². The number of rotatable bonds is 4. The van der Waals surface area contributed by atoms with Crippen molar-refractivity contribution in [1.82, 2.24) is 5.32 Å². The van der Waals surface area contributed by atoms with E-state index in [4.69, 9.17) is 27.6 Å². The van der Waals surface area contributed by atoms with Crippen LogP contribution in [0.25, 0.3) is 6.08 Å². The fourth-order valence-corrected chi connectivity index (χ4v) is 3.93. The number of anilines is 1. The average Bonchev–Trinajstić information content (AvgIpc) is 3.16. The van der Waals surface area contributed by atoms with Gasteiger partial charge in [0, 0.05) is 4.90 Å². The Morgan fingerprint density at radius 2 is 1.70 bits per heavy atom. The number of nitrogens with one attached hydrogen (secondary N) is 1. The quantitative estimate of drug-likeness (QED) is 0.417. The number of halogens is 2. The van der Waals surface area contributed by atoms with Crippen molar-refractivity contribution in [3.8, 4) is 0 Å². The summed E-state index contributed by atoms with van der Waals surface area (Å²) in [7, 11) is 0. The van der Waals surface area contributed by atoms with Crippen molar-refractivity contribution in [1.29, 1.82) is 0 Å². The third-order valence-corrected chi connectivity index (χ3v) is 5.86. The Kier molecular flexibility index (Phi) is 5.67. The number of hydrogen-bond acceptors (Lipinski definition) is 5. The molecule has 4 rings (SSSR count). The van der Waals surface area contributed by atoms with Crippen molar-refractivity contribution < 1.29 is 18.8 Å². The van der Waals surface area contributed by atoms with Gasteiger partial charge in [-0.25, -0.2) is 9.69 Å². The van der Waals surface area contributed by atoms with Gasteiger partial charge in [0.25, 0.3) is 11.8 Å². The van der Waals surface area contributed by atoms with E-state index in [9.17, 15) is 14.4 Å². The van der Waals surface area contributed by atoms with Crippen LogP contribution in [-0.4, -0.2) is 17.8 Å². The first kappa shape index (κ1) is 20.3. The Hall–Kier alpha value is -3.00. The number of carbonyl (C=O) groups is 3. The second-order valence-electron chi connectivity index (χ2n) is 6.10. The molecule has 2 aromatic carbocycles. The Morgan fingerprint density at radius 1 is 0.933 bits per heavy atom. The number of hydrogen-bond donors (Lipinski definition) is 1. The minimum Gasteiger partial charge on any atom is -0.450 e. The lowest BCUT2D eigenvalue weighted by atomic mass is 10.1. The molecule has 150 valence electrons. The second kappa shape index (κ2) is 8.39. The minimum atomic E-state index is -0.911. The molecule has 0 saturated carbocycles. The first-order chi connectivity index (χ1) is 14.4. The second-order valence-corrected chi connectivity index (χ2v) is 7.97. The van der Waals surface area contributed by atoms with Gasteiger partial charge in [-0.15, -0.1) is 0 Å². The lowest BCUT2D eigenvalue weighted by Gasteiger charge is -2.27. The molecular formula is C21H12Cl2N2O4S. The van der Waals surface area contributed by atoms with E-state index < -0.39 is 17.8 Å².